The van der Waals surface area contributed by atoms with Crippen molar-refractivity contribution < 1.29 is 0 Å². The zero-order chi connectivity index (χ0) is 10.7. The smallest absolute Gasteiger partial charge is 0.326 e. The summed E-state index contributed by atoms with van der Waals surface area (Å²) in [5.74, 6) is 0.363. The Morgan fingerprint density at radius 2 is 2.21 bits per heavy atom. The summed E-state index contributed by atoms with van der Waals surface area (Å²) in [6.07, 6.45) is 3.36. The maximum Gasteiger partial charge on any atom is 0.347 e. The molecule has 0 aliphatic rings. The Kier molecular flexibility index (Phi) is 3.41. The second-order valence-corrected chi connectivity index (χ2v) is 3.97. The maximum absolute atomic E-state index is 11.3. The van der Waals surface area contributed by atoms with E-state index in [2.05, 4.69) is 4.98 Å². The molecule has 1 unspecified atom stereocenters. The number of aryl methyl sites for hydroxylation is 1. The Balaban J connectivity index is 2.86. The molecular formula is C10H17N3O. The summed E-state index contributed by atoms with van der Waals surface area (Å²) in [5, 5.41) is 0. The number of hydrogen-bond donors (Lipinski definition) is 1. The molecule has 0 saturated heterocycles. The average Bonchev–Trinajstić information content (AvgIpc) is 2.11. The van der Waals surface area contributed by atoms with Crippen LogP contribution in [0.2, 0.25) is 0 Å². The molecule has 4 nitrogen and oxygen atoms in total. The zero-order valence-electron chi connectivity index (χ0n) is 8.90. The number of nitrogens with zero attached hydrogens (tertiary/aromatic N) is 2. The van der Waals surface area contributed by atoms with Gasteiger partial charge in [-0.05, 0) is 18.4 Å². The highest BCUT2D eigenvalue weighted by Crippen LogP contribution is 2.00. The Labute approximate surface area is 83.8 Å². The van der Waals surface area contributed by atoms with E-state index in [4.69, 9.17) is 5.73 Å². The number of hydrogen-bond acceptors (Lipinski definition) is 3. The van der Waals surface area contributed by atoms with Crippen molar-refractivity contribution >= 4 is 0 Å². The minimum Gasteiger partial charge on any atom is -0.326 e. The van der Waals surface area contributed by atoms with Crippen molar-refractivity contribution in [3.63, 3.8) is 0 Å². The number of nitrogens with two attached hydrogens (primary N) is 1. The molecule has 1 rings (SSSR count). The van der Waals surface area contributed by atoms with Crippen molar-refractivity contribution in [1.29, 1.82) is 0 Å². The molecule has 0 saturated carbocycles. The van der Waals surface area contributed by atoms with Gasteiger partial charge in [-0.3, -0.25) is 4.57 Å². The Morgan fingerprint density at radius 1 is 1.57 bits per heavy atom. The monoisotopic (exact) mass is 195 g/mol. The van der Waals surface area contributed by atoms with Crippen molar-refractivity contribution in [1.82, 2.24) is 9.55 Å². The predicted octanol–water partition coefficient (Wildman–Crippen LogP) is 0.535. The van der Waals surface area contributed by atoms with Crippen LogP contribution in [0.5, 0.6) is 0 Å². The second kappa shape index (κ2) is 4.37. The van der Waals surface area contributed by atoms with Crippen LogP contribution in [0.15, 0.2) is 17.2 Å². The minimum absolute atomic E-state index is 0.00343. The molecule has 0 spiro atoms. The molecule has 0 aliphatic carbocycles. The van der Waals surface area contributed by atoms with Crippen LogP contribution in [0.25, 0.3) is 0 Å². The third kappa shape index (κ3) is 2.67. The van der Waals surface area contributed by atoms with E-state index in [1.54, 1.807) is 17.0 Å². The molecule has 4 heteroatoms. The fraction of sp³-hybridized carbons (Fsp3) is 0.600. The van der Waals surface area contributed by atoms with Crippen LogP contribution in [0.1, 0.15) is 19.4 Å². The summed E-state index contributed by atoms with van der Waals surface area (Å²) < 4.78 is 1.57. The van der Waals surface area contributed by atoms with Crippen molar-refractivity contribution in [2.75, 3.05) is 0 Å². The summed E-state index contributed by atoms with van der Waals surface area (Å²) >= 11 is 0. The van der Waals surface area contributed by atoms with Gasteiger partial charge in [-0.25, -0.2) is 9.78 Å². The van der Waals surface area contributed by atoms with E-state index in [1.165, 1.54) is 0 Å². The van der Waals surface area contributed by atoms with Crippen molar-refractivity contribution in [2.45, 2.75) is 33.4 Å². The largest absolute Gasteiger partial charge is 0.347 e. The van der Waals surface area contributed by atoms with E-state index in [9.17, 15) is 4.79 Å². The summed E-state index contributed by atoms with van der Waals surface area (Å²) in [6, 6.07) is -0.00343. The Bertz CT molecular complexity index is 357. The molecule has 14 heavy (non-hydrogen) atoms. The summed E-state index contributed by atoms with van der Waals surface area (Å²) in [6.45, 7) is 6.52. The van der Waals surface area contributed by atoms with Gasteiger partial charge in [0, 0.05) is 25.0 Å². The van der Waals surface area contributed by atoms with Crippen molar-refractivity contribution in [3.05, 3.63) is 28.4 Å². The summed E-state index contributed by atoms with van der Waals surface area (Å²) in [5.41, 5.74) is 6.62. The van der Waals surface area contributed by atoms with Crippen molar-refractivity contribution in [3.8, 4) is 0 Å². The van der Waals surface area contributed by atoms with Gasteiger partial charge in [-0.2, -0.15) is 0 Å². The first-order valence-electron chi connectivity index (χ1n) is 4.79. The van der Waals surface area contributed by atoms with Crippen LogP contribution in [-0.4, -0.2) is 15.6 Å². The fourth-order valence-corrected chi connectivity index (χ4v) is 1.13. The lowest BCUT2D eigenvalue weighted by atomic mass is 10.1. The zero-order valence-corrected chi connectivity index (χ0v) is 8.90. The van der Waals surface area contributed by atoms with Gasteiger partial charge < -0.3 is 5.73 Å². The molecule has 1 atom stereocenters. The van der Waals surface area contributed by atoms with Gasteiger partial charge in [0.1, 0.15) is 0 Å². The van der Waals surface area contributed by atoms with Gasteiger partial charge in [0.25, 0.3) is 0 Å². The normalized spacial score (nSPS) is 13.2. The fourth-order valence-electron chi connectivity index (χ4n) is 1.13. The van der Waals surface area contributed by atoms with Gasteiger partial charge in [-0.1, -0.05) is 13.8 Å². The highest BCUT2D eigenvalue weighted by atomic mass is 16.1. The van der Waals surface area contributed by atoms with E-state index < -0.39 is 0 Å². The Morgan fingerprint density at radius 3 is 2.79 bits per heavy atom. The molecule has 0 amide bonds. The molecular weight excluding hydrogens is 178 g/mol. The first-order chi connectivity index (χ1) is 6.50. The quantitative estimate of drug-likeness (QED) is 0.765. The molecule has 0 bridgehead atoms. The van der Waals surface area contributed by atoms with Crippen LogP contribution in [0, 0.1) is 12.8 Å². The highest BCUT2D eigenvalue weighted by Gasteiger charge is 2.09. The second-order valence-electron chi connectivity index (χ2n) is 3.97. The lowest BCUT2D eigenvalue weighted by Gasteiger charge is -2.16. The maximum atomic E-state index is 11.3. The number of aromatic nitrogens is 2. The number of rotatable bonds is 3. The van der Waals surface area contributed by atoms with Gasteiger partial charge >= 0.3 is 5.69 Å². The lowest BCUT2D eigenvalue weighted by Crippen LogP contribution is -2.36. The van der Waals surface area contributed by atoms with E-state index in [1.807, 2.05) is 20.8 Å². The molecule has 1 heterocycles. The lowest BCUT2D eigenvalue weighted by molar-refractivity contribution is 0.423. The standard InChI is InChI=1S/C10H17N3O/c1-7(2)9(11)6-13-5-8(3)4-12-10(13)14/h4-5,7,9H,6,11H2,1-3H3. The van der Waals surface area contributed by atoms with Crippen LogP contribution < -0.4 is 11.4 Å². The van der Waals surface area contributed by atoms with Crippen LogP contribution in [0.4, 0.5) is 0 Å². The van der Waals surface area contributed by atoms with Crippen LogP contribution in [-0.2, 0) is 6.54 Å². The highest BCUT2D eigenvalue weighted by molar-refractivity contribution is 5.00. The van der Waals surface area contributed by atoms with Gasteiger partial charge in [0.15, 0.2) is 0 Å². The minimum atomic E-state index is -0.230. The first-order valence-corrected chi connectivity index (χ1v) is 4.79. The molecule has 1 aromatic heterocycles. The third-order valence-electron chi connectivity index (χ3n) is 2.25. The molecule has 0 radical (unpaired) electrons. The molecule has 0 aromatic carbocycles. The van der Waals surface area contributed by atoms with Gasteiger partial charge in [0.05, 0.1) is 0 Å². The van der Waals surface area contributed by atoms with Gasteiger partial charge in [0.2, 0.25) is 0 Å². The first kappa shape index (κ1) is 10.9. The molecule has 1 aromatic rings. The van der Waals surface area contributed by atoms with Crippen LogP contribution in [0.3, 0.4) is 0 Å². The third-order valence-corrected chi connectivity index (χ3v) is 2.25. The van der Waals surface area contributed by atoms with E-state index in [-0.39, 0.29) is 11.7 Å². The molecule has 0 fully saturated rings. The predicted molar refractivity (Wildman–Crippen MR) is 56.0 cm³/mol. The topological polar surface area (TPSA) is 60.9 Å². The van der Waals surface area contributed by atoms with E-state index in [0.29, 0.717) is 12.5 Å². The van der Waals surface area contributed by atoms with Crippen molar-refractivity contribution in [2.24, 2.45) is 11.7 Å². The Hall–Kier alpha value is -1.16. The van der Waals surface area contributed by atoms with E-state index in [0.717, 1.165) is 5.56 Å². The summed E-state index contributed by atoms with van der Waals surface area (Å²) in [4.78, 5) is 15.1. The molecule has 0 aliphatic heterocycles. The average molecular weight is 195 g/mol. The summed E-state index contributed by atoms with van der Waals surface area (Å²) in [7, 11) is 0. The van der Waals surface area contributed by atoms with Crippen LogP contribution >= 0.6 is 0 Å². The van der Waals surface area contributed by atoms with E-state index >= 15 is 0 Å². The molecule has 78 valence electrons. The SMILES string of the molecule is Cc1cnc(=O)n(CC(N)C(C)C)c1. The molecule has 2 N–H and O–H groups in total. The van der Waals surface area contributed by atoms with Gasteiger partial charge in [-0.15, -0.1) is 0 Å².